The molecule has 14 valence electrons. The Labute approximate surface area is 30.6 Å². The molecule has 0 saturated carbocycles. The van der Waals surface area contributed by atoms with Crippen molar-refractivity contribution in [3.05, 3.63) is 0 Å². The molecule has 0 aromatic rings. The second-order valence-electron chi connectivity index (χ2n) is 0. The average Bonchev–Trinajstić information content (AvgIpc) is 1.00. The molecule has 0 aliphatic rings. The molecule has 0 bridgehead atoms. The summed E-state index contributed by atoms with van der Waals surface area (Å²) >= 11 is 0. The molecule has 4 heteroatoms. The minimum absolute atomic E-state index is 0. The van der Waals surface area contributed by atoms with Crippen molar-refractivity contribution in [2.24, 2.45) is 0 Å². The summed E-state index contributed by atoms with van der Waals surface area (Å²) in [7, 11) is 3.50. The van der Waals surface area contributed by atoms with Crippen LogP contribution in [-0.2, 0) is 0 Å². The second-order valence-corrected chi connectivity index (χ2v) is 0. The van der Waals surface area contributed by atoms with Crippen LogP contribution in [0.4, 0.5) is 0 Å². The van der Waals surface area contributed by atoms with Crippen LogP contribution in [0.3, 0.4) is 0 Å². The van der Waals surface area contributed by atoms with E-state index in [0.717, 1.165) is 0 Å². The van der Waals surface area contributed by atoms with Gasteiger partial charge in [0.15, 0.2) is 0 Å². The molecule has 0 unspecified atom stereocenters. The van der Waals surface area contributed by atoms with E-state index in [4.69, 9.17) is 5.16 Å². The summed E-state index contributed by atoms with van der Waals surface area (Å²) in [6, 6.07) is 0. The van der Waals surface area contributed by atoms with Gasteiger partial charge >= 0.3 is 12.6 Å². The van der Waals surface area contributed by atoms with Crippen LogP contribution in [-0.4, -0.2) is 24.3 Å². The maximum atomic E-state index is 6.50. The first-order valence-electron chi connectivity index (χ1n) is 0.258. The third-order valence-corrected chi connectivity index (χ3v) is 0. The van der Waals surface area contributed by atoms with E-state index in [0.29, 0.717) is 0 Å². The van der Waals surface area contributed by atoms with Crippen LogP contribution >= 0.6 is 0 Å². The molecule has 0 fully saturated rings. The Kier molecular flexibility index (Phi) is 11700. The Morgan fingerprint density at radius 1 is 1.00 bits per heavy atom. The van der Waals surface area contributed by atoms with Crippen molar-refractivity contribution in [3.63, 3.8) is 0 Å². The standard InChI is InChI=1S/BN.2B/c1-2;;. The van der Waals surface area contributed by atoms with Crippen LogP contribution in [0.5, 0.6) is 0 Å². The first-order chi connectivity index (χ1) is 1.00. The van der Waals surface area contributed by atoms with Crippen molar-refractivity contribution < 1.29 is 0 Å². The quantitative estimate of drug-likeness (QED) is 0.317. The zero-order chi connectivity index (χ0) is 2.00. The van der Waals surface area contributed by atoms with Crippen molar-refractivity contribution in [2.75, 3.05) is 0 Å². The fraction of sp³-hybridized carbons (Fsp3) is 0. The van der Waals surface area contributed by atoms with Gasteiger partial charge in [0.05, 0.1) is 0 Å². The zero-order valence-corrected chi connectivity index (χ0v) is 2.18. The van der Waals surface area contributed by atoms with Gasteiger partial charge in [-0.3, -0.25) is 0 Å². The molecule has 0 aliphatic heterocycles. The normalized spacial score (nSPS) is 1.25. The fourth-order valence-corrected chi connectivity index (χ4v) is 0. The third-order valence-electron chi connectivity index (χ3n) is 0. The summed E-state index contributed by atoms with van der Waals surface area (Å²) in [5.41, 5.74) is 0. The number of rotatable bonds is 0. The molecule has 0 saturated heterocycles. The molecule has 0 rings (SSSR count). The van der Waals surface area contributed by atoms with E-state index in [9.17, 15) is 0 Å². The predicted molar refractivity (Wildman–Crippen MR) is 19.0 cm³/mol. The van der Waals surface area contributed by atoms with Gasteiger partial charge in [0, 0.05) is 16.8 Å². The van der Waals surface area contributed by atoms with Crippen molar-refractivity contribution >= 4 is 24.3 Å². The van der Waals surface area contributed by atoms with Crippen LogP contribution in [0.1, 0.15) is 0 Å². The summed E-state index contributed by atoms with van der Waals surface area (Å²) in [6.45, 7) is 0. The van der Waals surface area contributed by atoms with Crippen LogP contribution in [0.2, 0.25) is 0 Å². The Bertz CT molecular complexity index is 8.00. The van der Waals surface area contributed by atoms with Gasteiger partial charge in [0.25, 0.3) is 0 Å². The van der Waals surface area contributed by atoms with Crippen molar-refractivity contribution in [1.82, 2.24) is 0 Å². The summed E-state index contributed by atoms with van der Waals surface area (Å²) in [5.74, 6) is 0. The number of nitrogens with zero attached hydrogens (tertiary/aromatic N) is 1. The van der Waals surface area contributed by atoms with Crippen molar-refractivity contribution in [1.29, 1.82) is 5.16 Å². The van der Waals surface area contributed by atoms with E-state index in [2.05, 4.69) is 7.49 Å². The topological polar surface area (TPSA) is 23.8 Å². The molecule has 0 heterocycles. The number of hydrogen-bond donors (Lipinski definition) is 0. The Balaban J connectivity index is -0.00000000500. The van der Waals surface area contributed by atoms with Crippen LogP contribution < -0.4 is 0 Å². The van der Waals surface area contributed by atoms with Crippen molar-refractivity contribution in [2.45, 2.75) is 0 Å². The maximum Gasteiger partial charge on any atom is 0 e. The Morgan fingerprint density at radius 3 is 1.00 bits per heavy atom. The summed E-state index contributed by atoms with van der Waals surface area (Å²) in [5, 5.41) is 6.50. The van der Waals surface area contributed by atoms with E-state index < -0.39 is 0 Å². The van der Waals surface area contributed by atoms with Crippen LogP contribution in [0.25, 0.3) is 0 Å². The summed E-state index contributed by atoms with van der Waals surface area (Å²) < 4.78 is 0. The van der Waals surface area contributed by atoms with Gasteiger partial charge in [0.2, 0.25) is 0 Å². The molecule has 0 atom stereocenters. The third kappa shape index (κ3) is 172. The predicted octanol–water partition coefficient (Wildman–Crippen LogP) is -1.13. The largest absolute Gasteiger partial charge is 0 e. The van der Waals surface area contributed by atoms with Crippen LogP contribution in [0, 0.1) is 5.16 Å². The van der Waals surface area contributed by atoms with Crippen molar-refractivity contribution in [3.8, 4) is 0 Å². The molecule has 0 aliphatic carbocycles. The van der Waals surface area contributed by atoms with E-state index in [1.807, 2.05) is 0 Å². The molecule has 0 N–H and O–H groups in total. The second kappa shape index (κ2) is 1160. The monoisotopic (exact) mass is 47.0 g/mol. The van der Waals surface area contributed by atoms with E-state index >= 15 is 0 Å². The molecule has 1 nitrogen and oxygen atoms in total. The van der Waals surface area contributed by atoms with Gasteiger partial charge in [-0.1, -0.05) is 0 Å². The van der Waals surface area contributed by atoms with E-state index in [1.54, 1.807) is 0 Å². The SMILES string of the molecule is B#N.[B].[B]. The van der Waals surface area contributed by atoms with Gasteiger partial charge in [-0.15, -0.1) is 0 Å². The van der Waals surface area contributed by atoms with Gasteiger partial charge in [0.1, 0.15) is 0 Å². The average molecular weight is 46.4 g/mol. The van der Waals surface area contributed by atoms with Gasteiger partial charge in [-0.25, -0.2) is 0 Å². The van der Waals surface area contributed by atoms with Gasteiger partial charge in [-0.2, -0.15) is 0 Å². The first-order valence-corrected chi connectivity index (χ1v) is 0.258. The van der Waals surface area contributed by atoms with E-state index in [1.165, 1.54) is 0 Å². The summed E-state index contributed by atoms with van der Waals surface area (Å²) in [6.07, 6.45) is 0. The maximum absolute atomic E-state index is 6.50. The molecule has 0 aromatic heterocycles. The molecular weight excluding hydrogens is 46.4 g/mol. The smallest absolute Gasteiger partial charge is 0 e. The van der Waals surface area contributed by atoms with E-state index in [-0.39, 0.29) is 16.8 Å². The minimum Gasteiger partial charge on any atom is 0 e. The fourth-order valence-electron chi connectivity index (χ4n) is 0. The van der Waals surface area contributed by atoms with Crippen LogP contribution in [0.15, 0.2) is 0 Å². The Morgan fingerprint density at radius 2 is 1.00 bits per heavy atom. The molecule has 6 radical (unpaired) electrons. The number of hydrogen-bond acceptors (Lipinski definition) is 1. The first kappa shape index (κ1) is 40.2. The van der Waals surface area contributed by atoms with Gasteiger partial charge in [-0.05, 0) is 0 Å². The molecule has 0 aromatic carbocycles. The van der Waals surface area contributed by atoms with Gasteiger partial charge < -0.3 is 0 Å². The molecule has 4 heavy (non-hydrogen) atoms. The zero-order valence-electron chi connectivity index (χ0n) is 2.18. The molecular formula is B3N. The summed E-state index contributed by atoms with van der Waals surface area (Å²) in [4.78, 5) is 0. The minimum atomic E-state index is 0. The Hall–Kier alpha value is -0.0952. The molecule has 0 amide bonds. The molecule has 0 spiro atoms.